The van der Waals surface area contributed by atoms with Crippen molar-refractivity contribution in [2.45, 2.75) is 13.8 Å². The molecule has 0 saturated heterocycles. The maximum Gasteiger partial charge on any atom is 0.272 e. The lowest BCUT2D eigenvalue weighted by atomic mass is 10.1. The molecule has 2 aromatic rings. The quantitative estimate of drug-likeness (QED) is 0.490. The number of carbonyl (C=O) groups excluding carboxylic acids is 1. The molecule has 1 amide bonds. The summed E-state index contributed by atoms with van der Waals surface area (Å²) in [6, 6.07) is 9.64. The van der Waals surface area contributed by atoms with Crippen molar-refractivity contribution in [2.75, 3.05) is 13.2 Å². The van der Waals surface area contributed by atoms with E-state index in [1.54, 1.807) is 13.0 Å². The zero-order chi connectivity index (χ0) is 17.7. The van der Waals surface area contributed by atoms with Crippen molar-refractivity contribution in [2.24, 2.45) is 0 Å². The zero-order valence-electron chi connectivity index (χ0n) is 13.3. The summed E-state index contributed by atoms with van der Waals surface area (Å²) in [5, 5.41) is 14.1. The molecule has 0 fully saturated rings. The number of nitrogens with zero attached hydrogens (tertiary/aromatic N) is 1. The number of nitro benzene ring substituents is 1. The minimum Gasteiger partial charge on any atom is -0.492 e. The molecule has 126 valence electrons. The van der Waals surface area contributed by atoms with Crippen LogP contribution in [0.3, 0.4) is 0 Å². The average molecular weight is 349 g/mol. The van der Waals surface area contributed by atoms with Crippen molar-refractivity contribution in [1.82, 2.24) is 5.32 Å². The fourth-order valence-electron chi connectivity index (χ4n) is 2.10. The summed E-state index contributed by atoms with van der Waals surface area (Å²) in [6.45, 7) is 4.09. The molecular formula is C17H17ClN2O4. The number of nitro groups is 1. The Hall–Kier alpha value is -2.60. The number of hydrogen-bond acceptors (Lipinski definition) is 4. The number of nitrogens with one attached hydrogen (secondary N) is 1. The van der Waals surface area contributed by atoms with Crippen molar-refractivity contribution in [3.8, 4) is 5.75 Å². The van der Waals surface area contributed by atoms with Crippen LogP contribution in [0.4, 0.5) is 5.69 Å². The highest BCUT2D eigenvalue weighted by Crippen LogP contribution is 2.21. The van der Waals surface area contributed by atoms with Crippen molar-refractivity contribution in [3.05, 3.63) is 68.2 Å². The number of halogens is 1. The molecule has 0 atom stereocenters. The Kier molecular flexibility index (Phi) is 5.76. The highest BCUT2D eigenvalue weighted by molar-refractivity contribution is 6.31. The number of carbonyl (C=O) groups is 1. The molecular weight excluding hydrogens is 332 g/mol. The van der Waals surface area contributed by atoms with Gasteiger partial charge in [0.15, 0.2) is 0 Å². The minimum atomic E-state index is -0.475. The standard InChI is InChI=1S/C17H17ClN2O4/c1-11-3-5-14(10-15(11)18)24-8-7-19-17(21)13-4-6-16(20(22)23)12(2)9-13/h3-6,9-10H,7-8H2,1-2H3,(H,19,21). The Morgan fingerprint density at radius 1 is 1.21 bits per heavy atom. The van der Waals surface area contributed by atoms with Crippen LogP contribution in [0.25, 0.3) is 0 Å². The van der Waals surface area contributed by atoms with Crippen LogP contribution in [0.2, 0.25) is 5.02 Å². The molecule has 0 heterocycles. The number of rotatable bonds is 6. The van der Waals surface area contributed by atoms with Crippen molar-refractivity contribution >= 4 is 23.2 Å². The van der Waals surface area contributed by atoms with Gasteiger partial charge in [0, 0.05) is 22.2 Å². The van der Waals surface area contributed by atoms with Crippen molar-refractivity contribution in [1.29, 1.82) is 0 Å². The van der Waals surface area contributed by atoms with Gasteiger partial charge in [0.25, 0.3) is 11.6 Å². The number of hydrogen-bond donors (Lipinski definition) is 1. The molecule has 0 aliphatic carbocycles. The average Bonchev–Trinajstić information content (AvgIpc) is 2.54. The Bertz CT molecular complexity index is 777. The van der Waals surface area contributed by atoms with Gasteiger partial charge < -0.3 is 10.1 Å². The molecule has 0 aliphatic rings. The van der Waals surface area contributed by atoms with Crippen molar-refractivity contribution < 1.29 is 14.5 Å². The highest BCUT2D eigenvalue weighted by Gasteiger charge is 2.13. The molecule has 6 nitrogen and oxygen atoms in total. The van der Waals surface area contributed by atoms with Gasteiger partial charge in [0.05, 0.1) is 11.5 Å². The van der Waals surface area contributed by atoms with Gasteiger partial charge in [-0.1, -0.05) is 17.7 Å². The largest absolute Gasteiger partial charge is 0.492 e. The first-order valence-electron chi connectivity index (χ1n) is 7.30. The maximum atomic E-state index is 12.0. The third-order valence-electron chi connectivity index (χ3n) is 3.46. The Balaban J connectivity index is 1.86. The maximum absolute atomic E-state index is 12.0. The van der Waals surface area contributed by atoms with E-state index in [1.165, 1.54) is 18.2 Å². The van der Waals surface area contributed by atoms with Crippen LogP contribution in [-0.4, -0.2) is 24.0 Å². The summed E-state index contributed by atoms with van der Waals surface area (Å²) in [5.74, 6) is 0.324. The summed E-state index contributed by atoms with van der Waals surface area (Å²) in [7, 11) is 0. The SMILES string of the molecule is Cc1ccc(OCCNC(=O)c2ccc([N+](=O)[O-])c(C)c2)cc1Cl. The van der Waals surface area contributed by atoms with E-state index in [2.05, 4.69) is 5.32 Å². The number of benzene rings is 2. The van der Waals surface area contributed by atoms with E-state index < -0.39 is 4.92 Å². The molecule has 0 spiro atoms. The Morgan fingerprint density at radius 2 is 1.96 bits per heavy atom. The van der Waals surface area contributed by atoms with Crippen LogP contribution in [0.1, 0.15) is 21.5 Å². The van der Waals surface area contributed by atoms with Crippen molar-refractivity contribution in [3.63, 3.8) is 0 Å². The molecule has 0 aliphatic heterocycles. The number of aryl methyl sites for hydroxylation is 2. The zero-order valence-corrected chi connectivity index (χ0v) is 14.1. The van der Waals surface area contributed by atoms with Gasteiger partial charge in [0.1, 0.15) is 12.4 Å². The molecule has 0 bridgehead atoms. The predicted molar refractivity (Wildman–Crippen MR) is 91.9 cm³/mol. The fourth-order valence-corrected chi connectivity index (χ4v) is 2.27. The smallest absolute Gasteiger partial charge is 0.272 e. The van der Waals surface area contributed by atoms with E-state index in [0.29, 0.717) is 28.4 Å². The third-order valence-corrected chi connectivity index (χ3v) is 3.86. The van der Waals surface area contributed by atoms with E-state index in [9.17, 15) is 14.9 Å². The van der Waals surface area contributed by atoms with E-state index >= 15 is 0 Å². The van der Waals surface area contributed by atoms with Crippen LogP contribution in [-0.2, 0) is 0 Å². The van der Waals surface area contributed by atoms with E-state index in [1.807, 2.05) is 19.1 Å². The van der Waals surface area contributed by atoms with E-state index in [4.69, 9.17) is 16.3 Å². The third kappa shape index (κ3) is 4.45. The Morgan fingerprint density at radius 3 is 2.58 bits per heavy atom. The van der Waals surface area contributed by atoms with Gasteiger partial charge in [-0.25, -0.2) is 0 Å². The molecule has 0 unspecified atom stereocenters. The van der Waals surface area contributed by atoms with Gasteiger partial charge in [0.2, 0.25) is 0 Å². The van der Waals surface area contributed by atoms with Crippen LogP contribution < -0.4 is 10.1 Å². The Labute approximate surface area is 144 Å². The minimum absolute atomic E-state index is 0.00821. The van der Waals surface area contributed by atoms with Gasteiger partial charge in [-0.3, -0.25) is 14.9 Å². The summed E-state index contributed by atoms with van der Waals surface area (Å²) >= 11 is 6.01. The second-order valence-electron chi connectivity index (χ2n) is 5.27. The first-order valence-corrected chi connectivity index (χ1v) is 7.68. The van der Waals surface area contributed by atoms with Crippen LogP contribution in [0.5, 0.6) is 5.75 Å². The molecule has 24 heavy (non-hydrogen) atoms. The van der Waals surface area contributed by atoms with Crippen LogP contribution in [0.15, 0.2) is 36.4 Å². The second kappa shape index (κ2) is 7.79. The predicted octanol–water partition coefficient (Wildman–Crippen LogP) is 3.67. The molecule has 0 aromatic heterocycles. The summed E-state index contributed by atoms with van der Waals surface area (Å²) < 4.78 is 5.51. The summed E-state index contributed by atoms with van der Waals surface area (Å²) in [4.78, 5) is 22.3. The summed E-state index contributed by atoms with van der Waals surface area (Å²) in [6.07, 6.45) is 0. The lowest BCUT2D eigenvalue weighted by molar-refractivity contribution is -0.385. The van der Waals surface area contributed by atoms with Gasteiger partial charge in [-0.05, 0) is 43.7 Å². The van der Waals surface area contributed by atoms with Gasteiger partial charge in [-0.15, -0.1) is 0 Å². The molecule has 0 saturated carbocycles. The molecule has 7 heteroatoms. The van der Waals surface area contributed by atoms with Crippen LogP contribution in [0, 0.1) is 24.0 Å². The highest BCUT2D eigenvalue weighted by atomic mass is 35.5. The van der Waals surface area contributed by atoms with E-state index in [-0.39, 0.29) is 18.2 Å². The van der Waals surface area contributed by atoms with Crippen LogP contribution >= 0.6 is 11.6 Å². The number of ether oxygens (including phenoxy) is 1. The first kappa shape index (κ1) is 17.7. The fraction of sp³-hybridized carbons (Fsp3) is 0.235. The molecule has 1 N–H and O–H groups in total. The topological polar surface area (TPSA) is 81.5 Å². The molecule has 2 aromatic carbocycles. The van der Waals surface area contributed by atoms with E-state index in [0.717, 1.165) is 5.56 Å². The lowest BCUT2D eigenvalue weighted by Crippen LogP contribution is -2.28. The lowest BCUT2D eigenvalue weighted by Gasteiger charge is -2.09. The second-order valence-corrected chi connectivity index (χ2v) is 5.68. The molecule has 0 radical (unpaired) electrons. The molecule has 2 rings (SSSR count). The summed E-state index contributed by atoms with van der Waals surface area (Å²) in [5.41, 5.74) is 1.77. The van der Waals surface area contributed by atoms with Gasteiger partial charge >= 0.3 is 0 Å². The monoisotopic (exact) mass is 348 g/mol. The first-order chi connectivity index (χ1) is 11.4. The van der Waals surface area contributed by atoms with Gasteiger partial charge in [-0.2, -0.15) is 0 Å². The normalized spacial score (nSPS) is 10.3. The number of amides is 1.